The van der Waals surface area contributed by atoms with Gasteiger partial charge in [-0.2, -0.15) is 4.31 Å². The number of ether oxygens (including phenoxy) is 1. The van der Waals surface area contributed by atoms with Crippen molar-refractivity contribution in [3.05, 3.63) is 47.5 Å². The van der Waals surface area contributed by atoms with Gasteiger partial charge in [0.25, 0.3) is 5.91 Å². The SMILES string of the molecule is Cc1cccc(C)c1NC(=O)C1CCN(S(=O)(=O)c2ccc3c(c2)NC(=O)[C@H](C)O3)CC1. The van der Waals surface area contributed by atoms with Crippen LogP contribution in [0.25, 0.3) is 0 Å². The number of sulfonamides is 1. The molecule has 0 aliphatic carbocycles. The minimum absolute atomic E-state index is 0.0813. The molecule has 2 aliphatic heterocycles. The summed E-state index contributed by atoms with van der Waals surface area (Å²) in [5, 5.41) is 5.69. The van der Waals surface area contributed by atoms with Crippen molar-refractivity contribution < 1.29 is 22.7 Å². The third kappa shape index (κ3) is 4.22. The average Bonchev–Trinajstić information content (AvgIpc) is 2.77. The highest BCUT2D eigenvalue weighted by molar-refractivity contribution is 7.89. The predicted octanol–water partition coefficient (Wildman–Crippen LogP) is 3.06. The van der Waals surface area contributed by atoms with Gasteiger partial charge >= 0.3 is 0 Å². The van der Waals surface area contributed by atoms with Crippen LogP contribution in [0.5, 0.6) is 5.75 Å². The Labute approximate surface area is 188 Å². The quantitative estimate of drug-likeness (QED) is 0.734. The highest BCUT2D eigenvalue weighted by atomic mass is 32.2. The molecule has 0 spiro atoms. The number of nitrogens with one attached hydrogen (secondary N) is 2. The van der Waals surface area contributed by atoms with E-state index in [1.165, 1.54) is 16.4 Å². The molecular formula is C23H27N3O5S. The van der Waals surface area contributed by atoms with Gasteiger partial charge in [-0.15, -0.1) is 0 Å². The van der Waals surface area contributed by atoms with Gasteiger partial charge < -0.3 is 15.4 Å². The van der Waals surface area contributed by atoms with E-state index >= 15 is 0 Å². The van der Waals surface area contributed by atoms with E-state index in [0.717, 1.165) is 16.8 Å². The van der Waals surface area contributed by atoms with Crippen LogP contribution in [0, 0.1) is 19.8 Å². The fourth-order valence-electron chi connectivity index (χ4n) is 4.09. The zero-order valence-corrected chi connectivity index (χ0v) is 19.2. The number of carbonyl (C=O) groups is 2. The Morgan fingerprint density at radius 2 is 1.78 bits per heavy atom. The summed E-state index contributed by atoms with van der Waals surface area (Å²) < 4.78 is 33.2. The summed E-state index contributed by atoms with van der Waals surface area (Å²) in [5.41, 5.74) is 3.16. The Balaban J connectivity index is 1.43. The molecule has 0 unspecified atom stereocenters. The average molecular weight is 458 g/mol. The van der Waals surface area contributed by atoms with Crippen LogP contribution in [0.3, 0.4) is 0 Å². The first-order valence-electron chi connectivity index (χ1n) is 10.7. The Kier molecular flexibility index (Phi) is 5.96. The number of piperidine rings is 1. The van der Waals surface area contributed by atoms with Crippen molar-refractivity contribution in [2.45, 2.75) is 44.6 Å². The van der Waals surface area contributed by atoms with Crippen molar-refractivity contribution in [1.29, 1.82) is 0 Å². The topological polar surface area (TPSA) is 105 Å². The second-order valence-electron chi connectivity index (χ2n) is 8.34. The molecule has 0 bridgehead atoms. The van der Waals surface area contributed by atoms with Crippen LogP contribution in [0.4, 0.5) is 11.4 Å². The maximum absolute atomic E-state index is 13.1. The van der Waals surface area contributed by atoms with Crippen molar-refractivity contribution in [2.24, 2.45) is 5.92 Å². The number of carbonyl (C=O) groups excluding carboxylic acids is 2. The summed E-state index contributed by atoms with van der Waals surface area (Å²) in [5.74, 6) is -0.207. The first kappa shape index (κ1) is 22.3. The molecule has 1 fully saturated rings. The fraction of sp³-hybridized carbons (Fsp3) is 0.391. The number of fused-ring (bicyclic) bond motifs is 1. The van der Waals surface area contributed by atoms with E-state index in [-0.39, 0.29) is 35.7 Å². The van der Waals surface area contributed by atoms with Gasteiger partial charge in [0.05, 0.1) is 10.6 Å². The van der Waals surface area contributed by atoms with E-state index in [9.17, 15) is 18.0 Å². The second kappa shape index (κ2) is 8.55. The van der Waals surface area contributed by atoms with Crippen molar-refractivity contribution in [3.8, 4) is 5.75 Å². The number of aryl methyl sites for hydroxylation is 2. The van der Waals surface area contributed by atoms with Crippen molar-refractivity contribution in [3.63, 3.8) is 0 Å². The molecular weight excluding hydrogens is 430 g/mol. The van der Waals surface area contributed by atoms with Crippen LogP contribution in [0.15, 0.2) is 41.3 Å². The number of benzene rings is 2. The van der Waals surface area contributed by atoms with Crippen LogP contribution >= 0.6 is 0 Å². The van der Waals surface area contributed by atoms with Crippen LogP contribution in [0.1, 0.15) is 30.9 Å². The van der Waals surface area contributed by atoms with E-state index in [4.69, 9.17) is 4.74 Å². The van der Waals surface area contributed by atoms with Gasteiger partial charge in [-0.25, -0.2) is 8.42 Å². The monoisotopic (exact) mass is 457 g/mol. The van der Waals surface area contributed by atoms with Crippen LogP contribution in [0.2, 0.25) is 0 Å². The minimum Gasteiger partial charge on any atom is -0.479 e. The molecule has 2 amide bonds. The lowest BCUT2D eigenvalue weighted by atomic mass is 9.96. The van der Waals surface area contributed by atoms with Crippen LogP contribution in [-0.4, -0.2) is 43.7 Å². The first-order chi connectivity index (χ1) is 15.2. The highest BCUT2D eigenvalue weighted by Crippen LogP contribution is 2.34. The van der Waals surface area contributed by atoms with Gasteiger partial charge in [0.2, 0.25) is 15.9 Å². The Morgan fingerprint density at radius 1 is 1.12 bits per heavy atom. The lowest BCUT2D eigenvalue weighted by molar-refractivity contribution is -0.123. The molecule has 2 aliphatic rings. The number of anilines is 2. The summed E-state index contributed by atoms with van der Waals surface area (Å²) in [6, 6.07) is 10.3. The maximum Gasteiger partial charge on any atom is 0.265 e. The lowest BCUT2D eigenvalue weighted by Crippen LogP contribution is -2.41. The third-order valence-electron chi connectivity index (χ3n) is 6.07. The first-order valence-corrected chi connectivity index (χ1v) is 12.1. The van der Waals surface area contributed by atoms with Crippen molar-refractivity contribution in [2.75, 3.05) is 23.7 Å². The van der Waals surface area contributed by atoms with E-state index < -0.39 is 16.1 Å². The zero-order valence-electron chi connectivity index (χ0n) is 18.3. The predicted molar refractivity (Wildman–Crippen MR) is 121 cm³/mol. The highest BCUT2D eigenvalue weighted by Gasteiger charge is 2.33. The standard InChI is InChI=1S/C23H27N3O5S/c1-14-5-4-6-15(2)21(14)25-23(28)17-9-11-26(12-10-17)32(29,30)18-7-8-20-19(13-18)24-22(27)16(3)31-20/h4-8,13,16-17H,9-12H2,1-3H3,(H,24,27)(H,25,28)/t16-/m0/s1. The van der Waals surface area contributed by atoms with Gasteiger partial charge in [-0.05, 0) is 62.9 Å². The van der Waals surface area contributed by atoms with Gasteiger partial charge in [0, 0.05) is 24.7 Å². The Hall–Kier alpha value is -2.91. The van der Waals surface area contributed by atoms with Crippen LogP contribution < -0.4 is 15.4 Å². The summed E-state index contributed by atoms with van der Waals surface area (Å²) >= 11 is 0. The second-order valence-corrected chi connectivity index (χ2v) is 10.3. The molecule has 1 atom stereocenters. The largest absolute Gasteiger partial charge is 0.479 e. The molecule has 170 valence electrons. The summed E-state index contributed by atoms with van der Waals surface area (Å²) in [4.78, 5) is 24.7. The van der Waals surface area contributed by atoms with E-state index in [0.29, 0.717) is 24.3 Å². The maximum atomic E-state index is 13.1. The number of nitrogens with zero attached hydrogens (tertiary/aromatic N) is 1. The molecule has 0 saturated carbocycles. The minimum atomic E-state index is -3.75. The molecule has 2 N–H and O–H groups in total. The molecule has 0 radical (unpaired) electrons. The molecule has 4 rings (SSSR count). The van der Waals surface area contributed by atoms with Gasteiger partial charge in [0.15, 0.2) is 6.10 Å². The van der Waals surface area contributed by atoms with Gasteiger partial charge in [-0.3, -0.25) is 9.59 Å². The summed E-state index contributed by atoms with van der Waals surface area (Å²) in [7, 11) is -3.75. The molecule has 8 nitrogen and oxygen atoms in total. The molecule has 0 aromatic heterocycles. The smallest absolute Gasteiger partial charge is 0.265 e. The molecule has 2 aromatic carbocycles. The van der Waals surface area contributed by atoms with Crippen molar-refractivity contribution in [1.82, 2.24) is 4.31 Å². The zero-order chi connectivity index (χ0) is 23.0. The molecule has 2 aromatic rings. The summed E-state index contributed by atoms with van der Waals surface area (Å²) in [6.45, 7) is 6.03. The third-order valence-corrected chi connectivity index (χ3v) is 7.97. The van der Waals surface area contributed by atoms with E-state index in [2.05, 4.69) is 10.6 Å². The normalized spacial score (nSPS) is 19.6. The molecule has 9 heteroatoms. The number of hydrogen-bond donors (Lipinski definition) is 2. The number of rotatable bonds is 4. The van der Waals surface area contributed by atoms with E-state index in [1.54, 1.807) is 13.0 Å². The van der Waals surface area contributed by atoms with E-state index in [1.807, 2.05) is 32.0 Å². The van der Waals surface area contributed by atoms with Crippen molar-refractivity contribution >= 4 is 33.2 Å². The fourth-order valence-corrected chi connectivity index (χ4v) is 5.59. The summed E-state index contributed by atoms with van der Waals surface area (Å²) in [6.07, 6.45) is 0.259. The molecule has 2 heterocycles. The number of para-hydroxylation sites is 1. The van der Waals surface area contributed by atoms with Gasteiger partial charge in [0.1, 0.15) is 5.75 Å². The van der Waals surface area contributed by atoms with Crippen LogP contribution in [-0.2, 0) is 19.6 Å². The molecule has 1 saturated heterocycles. The lowest BCUT2D eigenvalue weighted by Gasteiger charge is -2.31. The van der Waals surface area contributed by atoms with Gasteiger partial charge in [-0.1, -0.05) is 18.2 Å². The molecule has 32 heavy (non-hydrogen) atoms. The Bertz CT molecular complexity index is 1150. The Morgan fingerprint density at radius 3 is 2.44 bits per heavy atom. The number of hydrogen-bond acceptors (Lipinski definition) is 5. The number of amides is 2.